The number of rotatable bonds is 1. The Labute approximate surface area is 76.1 Å². The molecule has 1 heterocycles. The molecule has 0 aliphatic rings. The van der Waals surface area contributed by atoms with Gasteiger partial charge in [0.1, 0.15) is 5.15 Å². The zero-order valence-electron chi connectivity index (χ0n) is 6.58. The topological polar surface area (TPSA) is 36.7 Å². The number of halogens is 1. The smallest absolute Gasteiger partial charge is 0.136 e. The van der Waals surface area contributed by atoms with Crippen molar-refractivity contribution in [2.45, 2.75) is 6.92 Å². The lowest BCUT2D eigenvalue weighted by Gasteiger charge is -1.97. The van der Waals surface area contributed by atoms with Gasteiger partial charge in [0, 0.05) is 17.8 Å². The normalized spacial score (nSPS) is 10.1. The number of aromatic nitrogens is 1. The minimum atomic E-state index is 0.423. The third kappa shape index (κ3) is 2.08. The van der Waals surface area contributed by atoms with Crippen LogP contribution < -0.4 is 0 Å². The van der Waals surface area contributed by atoms with E-state index >= 15 is 0 Å². The average molecular weight is 179 g/mol. The molecule has 0 radical (unpaired) electrons. The van der Waals surface area contributed by atoms with Crippen LogP contribution in [0.3, 0.4) is 0 Å². The molecule has 60 valence electrons. The van der Waals surface area contributed by atoms with Crippen molar-refractivity contribution < 1.29 is 0 Å². The number of hydrogen-bond donors (Lipinski definition) is 0. The maximum atomic E-state index is 8.29. The van der Waals surface area contributed by atoms with Crippen LogP contribution in [0, 0.1) is 18.3 Å². The fourth-order valence-electron chi connectivity index (χ4n) is 0.819. The van der Waals surface area contributed by atoms with Gasteiger partial charge in [-0.25, -0.2) is 4.98 Å². The molecule has 1 aromatic heterocycles. The van der Waals surface area contributed by atoms with Gasteiger partial charge in [0.15, 0.2) is 0 Å². The van der Waals surface area contributed by atoms with Crippen LogP contribution in [0.5, 0.6) is 0 Å². The molecular formula is C9H7ClN2. The Morgan fingerprint density at radius 2 is 2.42 bits per heavy atom. The fourth-order valence-corrected chi connectivity index (χ4v) is 0.985. The van der Waals surface area contributed by atoms with Crippen LogP contribution in [0.25, 0.3) is 6.08 Å². The second kappa shape index (κ2) is 3.89. The molecule has 0 saturated heterocycles. The molecule has 2 nitrogen and oxygen atoms in total. The first-order valence-electron chi connectivity index (χ1n) is 3.42. The second-order valence-corrected chi connectivity index (χ2v) is 2.71. The highest BCUT2D eigenvalue weighted by Crippen LogP contribution is 2.15. The van der Waals surface area contributed by atoms with Crippen molar-refractivity contribution in [2.75, 3.05) is 0 Å². The quantitative estimate of drug-likeness (QED) is 0.490. The summed E-state index contributed by atoms with van der Waals surface area (Å²) in [4.78, 5) is 3.94. The molecule has 3 heteroatoms. The van der Waals surface area contributed by atoms with Gasteiger partial charge in [-0.05, 0) is 24.6 Å². The lowest BCUT2D eigenvalue weighted by molar-refractivity contribution is 1.26. The van der Waals surface area contributed by atoms with Gasteiger partial charge in [0.05, 0.1) is 6.07 Å². The third-order valence-electron chi connectivity index (χ3n) is 1.34. The van der Waals surface area contributed by atoms with Crippen molar-refractivity contribution in [1.82, 2.24) is 4.98 Å². The Morgan fingerprint density at radius 1 is 1.67 bits per heavy atom. The van der Waals surface area contributed by atoms with Crippen LogP contribution in [0.2, 0.25) is 5.15 Å². The summed E-state index contributed by atoms with van der Waals surface area (Å²) in [5.74, 6) is 0. The molecule has 0 aliphatic carbocycles. The summed E-state index contributed by atoms with van der Waals surface area (Å²) in [5.41, 5.74) is 1.80. The molecule has 0 spiro atoms. The highest BCUT2D eigenvalue weighted by atomic mass is 35.5. The van der Waals surface area contributed by atoms with Crippen LogP contribution in [-0.4, -0.2) is 4.98 Å². The molecular weight excluding hydrogens is 172 g/mol. The maximum absolute atomic E-state index is 8.29. The predicted octanol–water partition coefficient (Wildman–Crippen LogP) is 2.58. The van der Waals surface area contributed by atoms with Crippen molar-refractivity contribution in [2.24, 2.45) is 0 Å². The first-order chi connectivity index (χ1) is 5.74. The van der Waals surface area contributed by atoms with E-state index in [1.165, 1.54) is 6.08 Å². The van der Waals surface area contributed by atoms with Crippen molar-refractivity contribution in [3.8, 4) is 6.07 Å². The molecule has 0 unspecified atom stereocenters. The van der Waals surface area contributed by atoms with Crippen molar-refractivity contribution in [1.29, 1.82) is 5.26 Å². The van der Waals surface area contributed by atoms with Gasteiger partial charge < -0.3 is 0 Å². The van der Waals surface area contributed by atoms with E-state index in [-0.39, 0.29) is 0 Å². The molecule has 0 aromatic carbocycles. The Balaban J connectivity index is 3.07. The summed E-state index contributed by atoms with van der Waals surface area (Å²) in [6.45, 7) is 1.92. The van der Waals surface area contributed by atoms with E-state index in [1.54, 1.807) is 12.3 Å². The van der Waals surface area contributed by atoms with Crippen LogP contribution in [0.1, 0.15) is 11.1 Å². The summed E-state index contributed by atoms with van der Waals surface area (Å²) in [6, 6.07) is 3.77. The zero-order valence-corrected chi connectivity index (χ0v) is 7.34. The predicted molar refractivity (Wildman–Crippen MR) is 48.6 cm³/mol. The molecule has 0 N–H and O–H groups in total. The van der Waals surface area contributed by atoms with Gasteiger partial charge in [-0.15, -0.1) is 0 Å². The Hall–Kier alpha value is -1.33. The average Bonchev–Trinajstić information content (AvgIpc) is 2.07. The summed E-state index contributed by atoms with van der Waals surface area (Å²) >= 11 is 5.76. The van der Waals surface area contributed by atoms with Gasteiger partial charge in [-0.3, -0.25) is 0 Å². The molecule has 0 amide bonds. The summed E-state index contributed by atoms with van der Waals surface area (Å²) in [6.07, 6.45) is 4.71. The van der Waals surface area contributed by atoms with Crippen LogP contribution in [0.15, 0.2) is 18.3 Å². The summed E-state index contributed by atoms with van der Waals surface area (Å²) in [7, 11) is 0. The lowest BCUT2D eigenvalue weighted by Crippen LogP contribution is -1.82. The molecule has 1 rings (SSSR count). The monoisotopic (exact) mass is 178 g/mol. The van der Waals surface area contributed by atoms with E-state index in [4.69, 9.17) is 16.9 Å². The Kier molecular flexibility index (Phi) is 2.84. The number of allylic oxidation sites excluding steroid dienone is 1. The third-order valence-corrected chi connectivity index (χ3v) is 1.66. The van der Waals surface area contributed by atoms with E-state index < -0.39 is 0 Å². The SMILES string of the molecule is Cc1cnc(Cl)c(/C=C\C#N)c1. The number of nitriles is 1. The van der Waals surface area contributed by atoms with E-state index in [0.29, 0.717) is 5.15 Å². The summed E-state index contributed by atoms with van der Waals surface area (Å²) in [5, 5.41) is 8.71. The first-order valence-corrected chi connectivity index (χ1v) is 3.80. The van der Waals surface area contributed by atoms with Crippen LogP contribution in [0.4, 0.5) is 0 Å². The molecule has 1 aromatic rings. The molecule has 0 saturated carbocycles. The van der Waals surface area contributed by atoms with Gasteiger partial charge in [-0.2, -0.15) is 5.26 Å². The van der Waals surface area contributed by atoms with Gasteiger partial charge in [0.25, 0.3) is 0 Å². The van der Waals surface area contributed by atoms with Crippen LogP contribution in [-0.2, 0) is 0 Å². The first kappa shape index (κ1) is 8.76. The fraction of sp³-hybridized carbons (Fsp3) is 0.111. The molecule has 0 aliphatic heterocycles. The van der Waals surface area contributed by atoms with Crippen molar-refractivity contribution in [3.05, 3.63) is 34.6 Å². The number of aryl methyl sites for hydroxylation is 1. The maximum Gasteiger partial charge on any atom is 0.136 e. The Bertz CT molecular complexity index is 350. The molecule has 12 heavy (non-hydrogen) atoms. The van der Waals surface area contributed by atoms with E-state index in [9.17, 15) is 0 Å². The van der Waals surface area contributed by atoms with E-state index in [2.05, 4.69) is 4.98 Å². The second-order valence-electron chi connectivity index (χ2n) is 2.36. The highest BCUT2D eigenvalue weighted by Gasteiger charge is 1.96. The standard InChI is InChI=1S/C9H7ClN2/c1-7-5-8(3-2-4-11)9(10)12-6-7/h2-3,5-6H,1H3/b3-2-. The van der Waals surface area contributed by atoms with E-state index in [0.717, 1.165) is 11.1 Å². The highest BCUT2D eigenvalue weighted by molar-refractivity contribution is 6.30. The summed E-state index contributed by atoms with van der Waals surface area (Å²) < 4.78 is 0. The minimum absolute atomic E-state index is 0.423. The lowest BCUT2D eigenvalue weighted by atomic mass is 10.2. The molecule has 0 bridgehead atoms. The minimum Gasteiger partial charge on any atom is -0.244 e. The number of hydrogen-bond acceptors (Lipinski definition) is 2. The Morgan fingerprint density at radius 3 is 3.08 bits per heavy atom. The number of pyridine rings is 1. The molecule has 0 atom stereocenters. The largest absolute Gasteiger partial charge is 0.244 e. The van der Waals surface area contributed by atoms with E-state index in [1.807, 2.05) is 19.1 Å². The van der Waals surface area contributed by atoms with Crippen LogP contribution >= 0.6 is 11.6 Å². The van der Waals surface area contributed by atoms with Crippen molar-refractivity contribution in [3.63, 3.8) is 0 Å². The zero-order chi connectivity index (χ0) is 8.97. The molecule has 0 fully saturated rings. The van der Waals surface area contributed by atoms with Gasteiger partial charge in [-0.1, -0.05) is 11.6 Å². The van der Waals surface area contributed by atoms with Crippen molar-refractivity contribution >= 4 is 17.7 Å². The van der Waals surface area contributed by atoms with Gasteiger partial charge in [0.2, 0.25) is 0 Å². The number of nitrogens with zero attached hydrogens (tertiary/aromatic N) is 2. The van der Waals surface area contributed by atoms with Gasteiger partial charge >= 0.3 is 0 Å².